The van der Waals surface area contributed by atoms with Crippen LogP contribution >= 0.6 is 0 Å². The molecule has 0 N–H and O–H groups in total. The van der Waals surface area contributed by atoms with Gasteiger partial charge >= 0.3 is 0 Å². The molecule has 1 aliphatic rings. The second kappa shape index (κ2) is 9.57. The molecule has 0 spiro atoms. The lowest BCUT2D eigenvalue weighted by Gasteiger charge is -2.28. The summed E-state index contributed by atoms with van der Waals surface area (Å²) in [6.45, 7) is 7.66. The number of rotatable bonds is 8. The van der Waals surface area contributed by atoms with Crippen molar-refractivity contribution in [1.82, 2.24) is 0 Å². The van der Waals surface area contributed by atoms with Crippen LogP contribution in [0.5, 0.6) is 0 Å². The highest BCUT2D eigenvalue weighted by Gasteiger charge is 2.21. The molecule has 0 aromatic heterocycles. The summed E-state index contributed by atoms with van der Waals surface area (Å²) in [5, 5.41) is 0. The van der Waals surface area contributed by atoms with Crippen molar-refractivity contribution in [3.8, 4) is 11.1 Å². The van der Waals surface area contributed by atoms with Crippen LogP contribution in [0.4, 0.5) is 0 Å². The van der Waals surface area contributed by atoms with Crippen molar-refractivity contribution < 1.29 is 0 Å². The summed E-state index contributed by atoms with van der Waals surface area (Å²) in [5.41, 5.74) is 5.55. The fraction of sp³-hybridized carbons (Fsp3) is 0.385. The van der Waals surface area contributed by atoms with Crippen molar-refractivity contribution in [3.63, 3.8) is 0 Å². The molecule has 136 valence electrons. The Morgan fingerprint density at radius 2 is 1.31 bits per heavy atom. The van der Waals surface area contributed by atoms with E-state index in [1.165, 1.54) is 60.8 Å². The Balaban J connectivity index is 1.58. The lowest BCUT2D eigenvalue weighted by Crippen LogP contribution is -2.13. The number of allylic oxidation sites excluding steroid dienone is 2. The van der Waals surface area contributed by atoms with Gasteiger partial charge in [0.2, 0.25) is 0 Å². The van der Waals surface area contributed by atoms with Gasteiger partial charge in [-0.3, -0.25) is 0 Å². The van der Waals surface area contributed by atoms with Crippen molar-refractivity contribution >= 4 is 0 Å². The summed E-state index contributed by atoms with van der Waals surface area (Å²) in [4.78, 5) is 0. The molecule has 2 aromatic rings. The predicted octanol–water partition coefficient (Wildman–Crippen LogP) is 7.71. The number of aryl methyl sites for hydroxylation is 1. The zero-order valence-corrected chi connectivity index (χ0v) is 16.0. The molecule has 0 radical (unpaired) electrons. The summed E-state index contributed by atoms with van der Waals surface area (Å²) in [7, 11) is 0. The third kappa shape index (κ3) is 4.97. The fourth-order valence-electron chi connectivity index (χ4n) is 4.22. The zero-order valence-electron chi connectivity index (χ0n) is 16.0. The van der Waals surface area contributed by atoms with E-state index in [0.29, 0.717) is 0 Å². The van der Waals surface area contributed by atoms with Crippen molar-refractivity contribution in [2.24, 2.45) is 5.92 Å². The highest BCUT2D eigenvalue weighted by Crippen LogP contribution is 2.38. The van der Waals surface area contributed by atoms with Crippen LogP contribution in [0.1, 0.15) is 62.0 Å². The van der Waals surface area contributed by atoms with Crippen LogP contribution < -0.4 is 0 Å². The molecule has 0 amide bonds. The van der Waals surface area contributed by atoms with Crippen LogP contribution in [-0.2, 0) is 6.42 Å². The maximum atomic E-state index is 3.85. The van der Waals surface area contributed by atoms with Crippen LogP contribution in [0.3, 0.4) is 0 Å². The first kappa shape index (κ1) is 18.7. The van der Waals surface area contributed by atoms with E-state index in [2.05, 4.69) is 67.8 Å². The van der Waals surface area contributed by atoms with E-state index in [1.54, 1.807) is 0 Å². The van der Waals surface area contributed by atoms with Gasteiger partial charge < -0.3 is 0 Å². The van der Waals surface area contributed by atoms with Crippen molar-refractivity contribution in [1.29, 1.82) is 0 Å². The molecule has 0 heteroatoms. The number of hydrogen-bond donors (Lipinski definition) is 0. The standard InChI is InChI=1S/C26H32/c1-3-5-7-21-9-13-23(14-10-21)25-17-19-26(20-18-25)24-15-11-22(12-16-24)8-6-4-2/h3-4,9-10,13-14,17-20,22,24H,1-2,5-8,11-12,15-16H2. The minimum atomic E-state index is 0.755. The first-order valence-corrected chi connectivity index (χ1v) is 10.2. The Labute approximate surface area is 159 Å². The zero-order chi connectivity index (χ0) is 18.2. The normalized spacial score (nSPS) is 19.8. The van der Waals surface area contributed by atoms with Crippen LogP contribution in [0.15, 0.2) is 73.8 Å². The molecule has 1 saturated carbocycles. The van der Waals surface area contributed by atoms with E-state index in [1.807, 2.05) is 6.08 Å². The molecule has 26 heavy (non-hydrogen) atoms. The van der Waals surface area contributed by atoms with Crippen molar-refractivity contribution in [3.05, 3.63) is 85.0 Å². The summed E-state index contributed by atoms with van der Waals surface area (Å²) < 4.78 is 0. The molecule has 0 heterocycles. The van der Waals surface area contributed by atoms with E-state index in [-0.39, 0.29) is 0 Å². The van der Waals surface area contributed by atoms with Gasteiger partial charge in [-0.15, -0.1) is 13.2 Å². The topological polar surface area (TPSA) is 0 Å². The first-order valence-electron chi connectivity index (χ1n) is 10.2. The monoisotopic (exact) mass is 344 g/mol. The summed E-state index contributed by atoms with van der Waals surface area (Å²) in [5.74, 6) is 1.67. The maximum Gasteiger partial charge on any atom is -0.0162 e. The van der Waals surface area contributed by atoms with Gasteiger partial charge in [-0.25, -0.2) is 0 Å². The molecule has 0 aliphatic heterocycles. The van der Waals surface area contributed by atoms with Crippen LogP contribution in [-0.4, -0.2) is 0 Å². The molecule has 0 nitrogen and oxygen atoms in total. The largest absolute Gasteiger partial charge is 0.103 e. The Bertz CT molecular complexity index is 682. The minimum Gasteiger partial charge on any atom is -0.103 e. The van der Waals surface area contributed by atoms with E-state index in [0.717, 1.165) is 24.7 Å². The molecule has 0 atom stereocenters. The summed E-state index contributed by atoms with van der Waals surface area (Å²) in [6, 6.07) is 18.3. The third-order valence-electron chi connectivity index (χ3n) is 5.93. The molecular formula is C26H32. The molecule has 1 aliphatic carbocycles. The maximum absolute atomic E-state index is 3.85. The molecule has 0 bridgehead atoms. The highest BCUT2D eigenvalue weighted by molar-refractivity contribution is 5.64. The van der Waals surface area contributed by atoms with Gasteiger partial charge in [0.1, 0.15) is 0 Å². The average Bonchev–Trinajstić information content (AvgIpc) is 2.72. The average molecular weight is 345 g/mol. The molecule has 0 unspecified atom stereocenters. The quantitative estimate of drug-likeness (QED) is 0.430. The van der Waals surface area contributed by atoms with Gasteiger partial charge in [0.25, 0.3) is 0 Å². The molecule has 0 saturated heterocycles. The fourth-order valence-corrected chi connectivity index (χ4v) is 4.22. The number of hydrogen-bond acceptors (Lipinski definition) is 0. The highest BCUT2D eigenvalue weighted by atomic mass is 14.3. The summed E-state index contributed by atoms with van der Waals surface area (Å²) in [6.07, 6.45) is 14.1. The molecule has 2 aromatic carbocycles. The van der Waals surface area contributed by atoms with Crippen LogP contribution in [0, 0.1) is 5.92 Å². The van der Waals surface area contributed by atoms with Crippen LogP contribution in [0.2, 0.25) is 0 Å². The van der Waals surface area contributed by atoms with Gasteiger partial charge in [-0.2, -0.15) is 0 Å². The van der Waals surface area contributed by atoms with E-state index in [9.17, 15) is 0 Å². The van der Waals surface area contributed by atoms with Gasteiger partial charge in [0, 0.05) is 0 Å². The Morgan fingerprint density at radius 3 is 1.88 bits per heavy atom. The molecular weight excluding hydrogens is 312 g/mol. The number of benzene rings is 2. The van der Waals surface area contributed by atoms with Gasteiger partial charge in [-0.1, -0.05) is 60.7 Å². The SMILES string of the molecule is C=CCCc1ccc(-c2ccc(C3CCC(CCC=C)CC3)cc2)cc1. The smallest absolute Gasteiger partial charge is 0.0162 e. The molecule has 1 fully saturated rings. The second-order valence-corrected chi connectivity index (χ2v) is 7.73. The van der Waals surface area contributed by atoms with Gasteiger partial charge in [0.05, 0.1) is 0 Å². The first-order chi connectivity index (χ1) is 12.8. The van der Waals surface area contributed by atoms with Crippen molar-refractivity contribution in [2.45, 2.75) is 57.3 Å². The van der Waals surface area contributed by atoms with Crippen LogP contribution in [0.25, 0.3) is 11.1 Å². The van der Waals surface area contributed by atoms with E-state index < -0.39 is 0 Å². The Morgan fingerprint density at radius 1 is 0.731 bits per heavy atom. The summed E-state index contributed by atoms with van der Waals surface area (Å²) >= 11 is 0. The minimum absolute atomic E-state index is 0.755. The van der Waals surface area contributed by atoms with Crippen molar-refractivity contribution in [2.75, 3.05) is 0 Å². The Hall–Kier alpha value is -2.08. The van der Waals surface area contributed by atoms with Gasteiger partial charge in [-0.05, 0) is 85.5 Å². The predicted molar refractivity (Wildman–Crippen MR) is 115 cm³/mol. The van der Waals surface area contributed by atoms with Gasteiger partial charge in [0.15, 0.2) is 0 Å². The lowest BCUT2D eigenvalue weighted by atomic mass is 9.77. The Kier molecular flexibility index (Phi) is 6.89. The molecule has 3 rings (SSSR count). The van der Waals surface area contributed by atoms with E-state index >= 15 is 0 Å². The third-order valence-corrected chi connectivity index (χ3v) is 5.93. The second-order valence-electron chi connectivity index (χ2n) is 7.73. The van der Waals surface area contributed by atoms with E-state index in [4.69, 9.17) is 0 Å². The lowest BCUT2D eigenvalue weighted by molar-refractivity contribution is 0.312.